The molecular weight excluding hydrogens is 360 g/mol. The van der Waals surface area contributed by atoms with Crippen LogP contribution in [0.5, 0.6) is 5.75 Å². The van der Waals surface area contributed by atoms with Crippen molar-refractivity contribution in [3.05, 3.63) is 30.5 Å². The van der Waals surface area contributed by atoms with E-state index in [1.807, 2.05) is 48.2 Å². The minimum absolute atomic E-state index is 0.126. The Bertz CT molecular complexity index is 979. The first-order valence-electron chi connectivity index (χ1n) is 8.95. The lowest BCUT2D eigenvalue weighted by Crippen LogP contribution is -2.58. The molecule has 1 amide bonds. The predicted molar refractivity (Wildman–Crippen MR) is 104 cm³/mol. The molecule has 1 fully saturated rings. The molecule has 2 aromatic heterocycles. The molecule has 0 bridgehead atoms. The van der Waals surface area contributed by atoms with Gasteiger partial charge in [-0.15, -0.1) is 5.10 Å². The quantitative estimate of drug-likeness (QED) is 0.654. The fourth-order valence-electron chi connectivity index (χ4n) is 3.02. The molecule has 10 nitrogen and oxygen atoms in total. The van der Waals surface area contributed by atoms with Gasteiger partial charge in [0.1, 0.15) is 5.75 Å². The summed E-state index contributed by atoms with van der Waals surface area (Å²) in [6.45, 7) is 1.70. The van der Waals surface area contributed by atoms with E-state index in [-0.39, 0.29) is 11.9 Å². The fourth-order valence-corrected chi connectivity index (χ4v) is 3.02. The van der Waals surface area contributed by atoms with Crippen molar-refractivity contribution in [2.24, 2.45) is 0 Å². The van der Waals surface area contributed by atoms with Crippen molar-refractivity contribution >= 4 is 23.0 Å². The maximum Gasteiger partial charge on any atom is 0.236 e. The highest BCUT2D eigenvalue weighted by Gasteiger charge is 2.31. The monoisotopic (exact) mass is 382 g/mol. The third-order valence-corrected chi connectivity index (χ3v) is 4.53. The van der Waals surface area contributed by atoms with Gasteiger partial charge in [-0.25, -0.2) is 4.98 Å². The van der Waals surface area contributed by atoms with Crippen molar-refractivity contribution in [2.45, 2.75) is 6.04 Å². The van der Waals surface area contributed by atoms with E-state index in [0.717, 1.165) is 11.4 Å². The maximum absolute atomic E-state index is 12.0. The average Bonchev–Trinajstić information content (AvgIpc) is 3.07. The smallest absolute Gasteiger partial charge is 0.236 e. The van der Waals surface area contributed by atoms with Crippen LogP contribution in [0.2, 0.25) is 0 Å². The van der Waals surface area contributed by atoms with Crippen LogP contribution < -0.4 is 10.1 Å². The molecule has 28 heavy (non-hydrogen) atoms. The number of carbonyl (C=O) groups excluding carboxylic acids is 1. The normalized spacial score (nSPS) is 14.4. The van der Waals surface area contributed by atoms with Crippen molar-refractivity contribution in [1.82, 2.24) is 34.8 Å². The third-order valence-electron chi connectivity index (χ3n) is 4.53. The van der Waals surface area contributed by atoms with Gasteiger partial charge in [0.25, 0.3) is 0 Å². The lowest BCUT2D eigenvalue weighted by atomic mass is 10.1. The molecule has 0 radical (unpaired) electrons. The summed E-state index contributed by atoms with van der Waals surface area (Å²) in [5.74, 6) is 1.39. The summed E-state index contributed by atoms with van der Waals surface area (Å²) < 4.78 is 6.85. The van der Waals surface area contributed by atoms with Crippen LogP contribution in [0.1, 0.15) is 0 Å². The van der Waals surface area contributed by atoms with Crippen LogP contribution in [0.15, 0.2) is 30.5 Å². The Kier molecular flexibility index (Phi) is 4.78. The first-order chi connectivity index (χ1) is 13.5. The van der Waals surface area contributed by atoms with Crippen molar-refractivity contribution < 1.29 is 9.53 Å². The number of nitrogens with zero attached hydrogens (tertiary/aromatic N) is 7. The third kappa shape index (κ3) is 3.58. The van der Waals surface area contributed by atoms with E-state index in [1.165, 1.54) is 0 Å². The number of benzene rings is 1. The summed E-state index contributed by atoms with van der Waals surface area (Å²) >= 11 is 0. The number of methoxy groups -OCH3 is 1. The largest absolute Gasteiger partial charge is 0.497 e. The molecule has 1 aliphatic rings. The van der Waals surface area contributed by atoms with Gasteiger partial charge in [-0.1, -0.05) is 5.21 Å². The molecule has 1 N–H and O–H groups in total. The Morgan fingerprint density at radius 1 is 1.29 bits per heavy atom. The topological polar surface area (TPSA) is 101 Å². The van der Waals surface area contributed by atoms with Gasteiger partial charge in [-0.2, -0.15) is 9.67 Å². The molecule has 10 heteroatoms. The highest BCUT2D eigenvalue weighted by atomic mass is 16.5. The van der Waals surface area contributed by atoms with Crippen LogP contribution in [-0.4, -0.2) is 87.6 Å². The lowest BCUT2D eigenvalue weighted by molar-refractivity contribution is -0.135. The average molecular weight is 382 g/mol. The van der Waals surface area contributed by atoms with Crippen LogP contribution >= 0.6 is 0 Å². The van der Waals surface area contributed by atoms with Crippen LogP contribution in [0.4, 0.5) is 5.95 Å². The van der Waals surface area contributed by atoms with E-state index >= 15 is 0 Å². The van der Waals surface area contributed by atoms with Crippen molar-refractivity contribution in [1.29, 1.82) is 0 Å². The number of rotatable bonds is 6. The summed E-state index contributed by atoms with van der Waals surface area (Å²) in [4.78, 5) is 24.6. The van der Waals surface area contributed by atoms with E-state index in [1.54, 1.807) is 18.0 Å². The summed E-state index contributed by atoms with van der Waals surface area (Å²) in [5, 5.41) is 11.6. The molecule has 146 valence electrons. The van der Waals surface area contributed by atoms with Crippen LogP contribution in [0.25, 0.3) is 16.9 Å². The minimum Gasteiger partial charge on any atom is -0.497 e. The highest BCUT2D eigenvalue weighted by Crippen LogP contribution is 2.19. The van der Waals surface area contributed by atoms with E-state index < -0.39 is 0 Å². The summed E-state index contributed by atoms with van der Waals surface area (Å²) in [6, 6.07) is 7.63. The Balaban J connectivity index is 1.47. The molecule has 4 rings (SSSR count). The predicted octanol–water partition coefficient (Wildman–Crippen LogP) is 0.403. The van der Waals surface area contributed by atoms with E-state index in [2.05, 4.69) is 25.6 Å². The number of anilines is 1. The molecule has 1 aliphatic heterocycles. The Morgan fingerprint density at radius 2 is 2.04 bits per heavy atom. The summed E-state index contributed by atoms with van der Waals surface area (Å²) in [6.07, 6.45) is 1.64. The highest BCUT2D eigenvalue weighted by molar-refractivity contribution is 5.79. The number of likely N-dealkylation sites (N-methyl/N-ethyl adjacent to an activating group) is 1. The number of likely N-dealkylation sites (tertiary alicyclic amines) is 1. The van der Waals surface area contributed by atoms with Crippen molar-refractivity contribution in [3.8, 4) is 11.4 Å². The molecule has 0 spiro atoms. The molecule has 3 heterocycles. The zero-order valence-corrected chi connectivity index (χ0v) is 16.0. The maximum atomic E-state index is 12.0. The Morgan fingerprint density at radius 3 is 2.71 bits per heavy atom. The zero-order chi connectivity index (χ0) is 19.7. The Hall–Kier alpha value is -3.27. The van der Waals surface area contributed by atoms with Gasteiger partial charge in [0.05, 0.1) is 31.6 Å². The lowest BCUT2D eigenvalue weighted by Gasteiger charge is -2.40. The van der Waals surface area contributed by atoms with Crippen LogP contribution in [-0.2, 0) is 4.79 Å². The number of nitrogens with one attached hydrogen (secondary N) is 1. The molecule has 0 atom stereocenters. The summed E-state index contributed by atoms with van der Waals surface area (Å²) in [7, 11) is 5.40. The molecule has 0 saturated carbocycles. The van der Waals surface area contributed by atoms with Gasteiger partial charge in [0.15, 0.2) is 11.2 Å². The standard InChI is InChI=1S/C18H22N8O2/c1-24(2)11-16(27)25-9-12(10-25)20-18-19-8-15-17(21-18)26(23-22-15)13-4-6-14(28-3)7-5-13/h4-8,12H,9-11H2,1-3H3,(H,19,20,21). The SMILES string of the molecule is COc1ccc(-n2nnc3cnc(NC4CN(C(=O)CN(C)C)C4)nc32)cc1. The fraction of sp³-hybridized carbons (Fsp3) is 0.389. The van der Waals surface area contributed by atoms with E-state index in [9.17, 15) is 4.79 Å². The Labute approximate surface area is 162 Å². The zero-order valence-electron chi connectivity index (χ0n) is 16.0. The van der Waals surface area contributed by atoms with Gasteiger partial charge in [0, 0.05) is 13.1 Å². The minimum atomic E-state index is 0.126. The molecular formula is C18H22N8O2. The van der Waals surface area contributed by atoms with Crippen molar-refractivity contribution in [3.63, 3.8) is 0 Å². The molecule has 1 aromatic carbocycles. The molecule has 0 aliphatic carbocycles. The van der Waals surface area contributed by atoms with Gasteiger partial charge in [0.2, 0.25) is 11.9 Å². The number of hydrogen-bond donors (Lipinski definition) is 1. The van der Waals surface area contributed by atoms with E-state index in [4.69, 9.17) is 4.74 Å². The molecule has 3 aromatic rings. The summed E-state index contributed by atoms with van der Waals surface area (Å²) in [5.41, 5.74) is 2.05. The first kappa shape index (κ1) is 18.1. The van der Waals surface area contributed by atoms with Gasteiger partial charge in [-0.05, 0) is 38.4 Å². The van der Waals surface area contributed by atoms with Crippen molar-refractivity contribution in [2.75, 3.05) is 46.2 Å². The number of carbonyl (C=O) groups is 1. The second kappa shape index (κ2) is 7.39. The van der Waals surface area contributed by atoms with Crippen LogP contribution in [0, 0.1) is 0 Å². The number of fused-ring (bicyclic) bond motifs is 1. The van der Waals surface area contributed by atoms with Crippen LogP contribution in [0.3, 0.4) is 0 Å². The van der Waals surface area contributed by atoms with Gasteiger partial charge < -0.3 is 19.9 Å². The number of aromatic nitrogens is 5. The molecule has 0 unspecified atom stereocenters. The second-order valence-electron chi connectivity index (χ2n) is 6.98. The number of hydrogen-bond acceptors (Lipinski definition) is 8. The van der Waals surface area contributed by atoms with Gasteiger partial charge in [-0.3, -0.25) is 4.79 Å². The second-order valence-corrected chi connectivity index (χ2v) is 6.98. The van der Waals surface area contributed by atoms with Gasteiger partial charge >= 0.3 is 0 Å². The molecule has 1 saturated heterocycles. The number of amides is 1. The first-order valence-corrected chi connectivity index (χ1v) is 8.95. The number of ether oxygens (including phenoxy) is 1. The van der Waals surface area contributed by atoms with E-state index in [0.29, 0.717) is 36.7 Å².